The molecule has 0 fully saturated rings. The topological polar surface area (TPSA) is 171 Å². The molecule has 0 radical (unpaired) electrons. The number of halogens is 1. The van der Waals surface area contributed by atoms with Crippen LogP contribution in [-0.4, -0.2) is 44.1 Å². The lowest BCUT2D eigenvalue weighted by Crippen LogP contribution is -2.21. The van der Waals surface area contributed by atoms with Gasteiger partial charge in [-0.1, -0.05) is 29.8 Å². The molecule has 2 heterocycles. The van der Waals surface area contributed by atoms with Crippen molar-refractivity contribution in [3.05, 3.63) is 105 Å². The van der Waals surface area contributed by atoms with Crippen LogP contribution in [0.5, 0.6) is 5.75 Å². The quantitative estimate of drug-likeness (QED) is 0.168. The maximum Gasteiger partial charge on any atom is 0.334 e. The Hall–Kier alpha value is -5.15. The van der Waals surface area contributed by atoms with E-state index in [9.17, 15) is 27.7 Å². The van der Waals surface area contributed by atoms with Crippen molar-refractivity contribution in [1.82, 2.24) is 19.1 Å². The summed E-state index contributed by atoms with van der Waals surface area (Å²) in [4.78, 5) is 31.3. The fourth-order valence-electron chi connectivity index (χ4n) is 3.83. The molecule has 5 rings (SSSR count). The van der Waals surface area contributed by atoms with Crippen molar-refractivity contribution in [1.29, 1.82) is 0 Å². The highest BCUT2D eigenvalue weighted by Gasteiger charge is 2.20. The number of imidazole rings is 1. The van der Waals surface area contributed by atoms with E-state index in [1.807, 2.05) is 19.1 Å². The van der Waals surface area contributed by atoms with Gasteiger partial charge in [0.1, 0.15) is 11.6 Å². The molecule has 3 aromatic carbocycles. The Morgan fingerprint density at radius 3 is 2.34 bits per heavy atom. The van der Waals surface area contributed by atoms with Gasteiger partial charge >= 0.3 is 11.4 Å². The van der Waals surface area contributed by atoms with Gasteiger partial charge in [0.15, 0.2) is 0 Å². The minimum atomic E-state index is -4.02. The summed E-state index contributed by atoms with van der Waals surface area (Å²) in [6.45, 7) is 1.84. The molecule has 0 aliphatic carbocycles. The number of rotatable bonds is 6. The highest BCUT2D eigenvalue weighted by Crippen LogP contribution is 2.33. The molecule has 5 aromatic rings. The van der Waals surface area contributed by atoms with E-state index in [1.165, 1.54) is 34.6 Å². The van der Waals surface area contributed by atoms with Gasteiger partial charge in [0.05, 0.1) is 33.6 Å². The minimum absolute atomic E-state index is 0.0365. The number of nitrogens with zero attached hydrogens (tertiary/aromatic N) is 5. The standard InChI is InChI=1S/C19H15FN6O4.C7H8O3S/c1-24-13-5-3-4-6-14(13)25(19(24)27)17-7-8-21-18(23-17)22-12-10-15(26(28)29)11(20)9-16(12)30-2;1-6-2-4-7(5-3-6)11(8,9)10/h3-10H,1-2H3,(H,21,22,23);2-5H,1H3,(H,8,9,10). The lowest BCUT2D eigenvalue weighted by atomic mass is 10.2. The summed E-state index contributed by atoms with van der Waals surface area (Å²) in [5, 5.41) is 13.8. The van der Waals surface area contributed by atoms with Gasteiger partial charge in [-0.15, -0.1) is 0 Å². The van der Waals surface area contributed by atoms with Crippen molar-refractivity contribution in [3.63, 3.8) is 0 Å². The first-order valence-corrected chi connectivity index (χ1v) is 13.2. The number of nitro benzene ring substituents is 1. The van der Waals surface area contributed by atoms with E-state index in [0.717, 1.165) is 23.2 Å². The number of aryl methyl sites for hydroxylation is 2. The van der Waals surface area contributed by atoms with Crippen LogP contribution in [0.1, 0.15) is 5.56 Å². The van der Waals surface area contributed by atoms with Crippen LogP contribution in [0.3, 0.4) is 0 Å². The molecule has 0 atom stereocenters. The van der Waals surface area contributed by atoms with Crippen molar-refractivity contribution in [3.8, 4) is 11.6 Å². The average molecular weight is 583 g/mol. The van der Waals surface area contributed by atoms with E-state index in [-0.39, 0.29) is 28.0 Å². The lowest BCUT2D eigenvalue weighted by molar-refractivity contribution is -0.387. The molecule has 15 heteroatoms. The second-order valence-electron chi connectivity index (χ2n) is 8.58. The molecule has 41 heavy (non-hydrogen) atoms. The number of hydrogen-bond acceptors (Lipinski definition) is 9. The molecule has 13 nitrogen and oxygen atoms in total. The zero-order chi connectivity index (χ0) is 29.9. The van der Waals surface area contributed by atoms with Gasteiger partial charge in [-0.05, 0) is 31.2 Å². The van der Waals surface area contributed by atoms with E-state index in [1.54, 1.807) is 37.4 Å². The Kier molecular flexibility index (Phi) is 8.11. The normalized spacial score (nSPS) is 11.0. The first kappa shape index (κ1) is 28.8. The van der Waals surface area contributed by atoms with Gasteiger partial charge in [-0.25, -0.2) is 14.3 Å². The summed E-state index contributed by atoms with van der Waals surface area (Å²) in [6, 6.07) is 16.7. The van der Waals surface area contributed by atoms with Crippen molar-refractivity contribution in [2.45, 2.75) is 11.8 Å². The number of benzene rings is 3. The first-order valence-electron chi connectivity index (χ1n) is 11.7. The van der Waals surface area contributed by atoms with Gasteiger partial charge in [-0.3, -0.25) is 19.2 Å². The molecular formula is C26H23FN6O7S. The van der Waals surface area contributed by atoms with Crippen LogP contribution in [0.4, 0.5) is 21.7 Å². The van der Waals surface area contributed by atoms with Gasteiger partial charge in [-0.2, -0.15) is 17.8 Å². The first-order chi connectivity index (χ1) is 19.4. The third-order valence-electron chi connectivity index (χ3n) is 5.86. The van der Waals surface area contributed by atoms with E-state index in [2.05, 4.69) is 15.3 Å². The molecule has 212 valence electrons. The van der Waals surface area contributed by atoms with Crippen LogP contribution in [-0.2, 0) is 17.2 Å². The molecule has 0 spiro atoms. The molecular weight excluding hydrogens is 559 g/mol. The SMILES string of the molecule is COc1cc(F)c([N+](=O)[O-])cc1Nc1nccc(-n2c(=O)n(C)c3ccccc32)n1.Cc1ccc(S(=O)(=O)O)cc1. The second kappa shape index (κ2) is 11.5. The summed E-state index contributed by atoms with van der Waals surface area (Å²) in [5.41, 5.74) is 1.43. The van der Waals surface area contributed by atoms with Crippen LogP contribution in [0.2, 0.25) is 0 Å². The Labute approximate surface area is 232 Å². The van der Waals surface area contributed by atoms with E-state index in [0.29, 0.717) is 11.3 Å². The van der Waals surface area contributed by atoms with E-state index < -0.39 is 26.5 Å². The third-order valence-corrected chi connectivity index (χ3v) is 6.73. The Balaban J connectivity index is 0.000000296. The summed E-state index contributed by atoms with van der Waals surface area (Å²) < 4.78 is 51.4. The lowest BCUT2D eigenvalue weighted by Gasteiger charge is -2.11. The molecule has 0 bridgehead atoms. The zero-order valence-electron chi connectivity index (χ0n) is 21.8. The number of ether oxygens (including phenoxy) is 1. The van der Waals surface area contributed by atoms with Crippen molar-refractivity contribution >= 4 is 38.5 Å². The number of aromatic nitrogens is 4. The number of para-hydroxylation sites is 2. The van der Waals surface area contributed by atoms with Crippen LogP contribution in [0, 0.1) is 22.9 Å². The number of methoxy groups -OCH3 is 1. The number of nitro groups is 1. The molecule has 2 N–H and O–H groups in total. The molecule has 0 amide bonds. The Morgan fingerprint density at radius 1 is 1.07 bits per heavy atom. The number of hydrogen-bond donors (Lipinski definition) is 2. The van der Waals surface area contributed by atoms with Crippen LogP contribution in [0.25, 0.3) is 16.9 Å². The highest BCUT2D eigenvalue weighted by atomic mass is 32.2. The molecule has 2 aromatic heterocycles. The molecule has 0 aliphatic heterocycles. The fraction of sp³-hybridized carbons (Fsp3) is 0.115. The second-order valence-corrected chi connectivity index (χ2v) is 10.00. The zero-order valence-corrected chi connectivity index (χ0v) is 22.7. The maximum absolute atomic E-state index is 13.9. The van der Waals surface area contributed by atoms with Crippen molar-refractivity contribution in [2.24, 2.45) is 7.05 Å². The van der Waals surface area contributed by atoms with Crippen LogP contribution >= 0.6 is 0 Å². The molecule has 0 unspecified atom stereocenters. The monoisotopic (exact) mass is 582 g/mol. The Morgan fingerprint density at radius 2 is 1.73 bits per heavy atom. The van der Waals surface area contributed by atoms with Crippen molar-refractivity contribution < 1.29 is 27.0 Å². The largest absolute Gasteiger partial charge is 0.494 e. The number of fused-ring (bicyclic) bond motifs is 1. The summed E-state index contributed by atoms with van der Waals surface area (Å²) in [7, 11) is -1.06. The average Bonchev–Trinajstić information content (AvgIpc) is 3.19. The van der Waals surface area contributed by atoms with Gasteiger partial charge in [0.25, 0.3) is 10.1 Å². The van der Waals surface area contributed by atoms with E-state index >= 15 is 0 Å². The molecule has 0 saturated carbocycles. The summed E-state index contributed by atoms with van der Waals surface area (Å²) in [5.74, 6) is -0.648. The van der Waals surface area contributed by atoms with Gasteiger partial charge in [0, 0.05) is 31.4 Å². The highest BCUT2D eigenvalue weighted by molar-refractivity contribution is 7.85. The van der Waals surface area contributed by atoms with Gasteiger partial charge < -0.3 is 10.1 Å². The summed E-state index contributed by atoms with van der Waals surface area (Å²) >= 11 is 0. The van der Waals surface area contributed by atoms with Crippen LogP contribution in [0.15, 0.2) is 82.6 Å². The predicted octanol–water partition coefficient (Wildman–Crippen LogP) is 4.16. The fourth-order valence-corrected chi connectivity index (χ4v) is 4.31. The van der Waals surface area contributed by atoms with Gasteiger partial charge in [0.2, 0.25) is 11.8 Å². The third kappa shape index (κ3) is 6.21. The van der Waals surface area contributed by atoms with E-state index in [4.69, 9.17) is 9.29 Å². The molecule has 0 aliphatic rings. The Bertz CT molecular complexity index is 1920. The summed E-state index contributed by atoms with van der Waals surface area (Å²) in [6.07, 6.45) is 1.43. The maximum atomic E-state index is 13.9. The van der Waals surface area contributed by atoms with Crippen LogP contribution < -0.4 is 15.7 Å². The van der Waals surface area contributed by atoms with Crippen molar-refractivity contribution in [2.75, 3.05) is 12.4 Å². The number of nitrogens with one attached hydrogen (secondary N) is 1. The molecule has 0 saturated heterocycles. The number of anilines is 2. The smallest absolute Gasteiger partial charge is 0.334 e. The predicted molar refractivity (Wildman–Crippen MR) is 148 cm³/mol. The minimum Gasteiger partial charge on any atom is -0.494 e.